The van der Waals surface area contributed by atoms with Gasteiger partial charge in [0.2, 0.25) is 0 Å². The lowest BCUT2D eigenvalue weighted by Gasteiger charge is -2.10. The average molecular weight is 167 g/mol. The topological polar surface area (TPSA) is 12.0 Å². The van der Waals surface area contributed by atoms with Crippen molar-refractivity contribution in [3.05, 3.63) is 24.3 Å². The summed E-state index contributed by atoms with van der Waals surface area (Å²) in [6, 6.07) is 0. The van der Waals surface area contributed by atoms with Crippen molar-refractivity contribution in [3.8, 4) is 0 Å². The minimum Gasteiger partial charge on any atom is -0.316 e. The van der Waals surface area contributed by atoms with Crippen molar-refractivity contribution in [2.45, 2.75) is 27.2 Å². The van der Waals surface area contributed by atoms with E-state index >= 15 is 0 Å². The maximum absolute atomic E-state index is 3.06. The molecule has 0 saturated heterocycles. The summed E-state index contributed by atoms with van der Waals surface area (Å²) >= 11 is 0. The van der Waals surface area contributed by atoms with Gasteiger partial charge in [0, 0.05) is 6.54 Å². The zero-order chi connectivity index (χ0) is 9.45. The van der Waals surface area contributed by atoms with Crippen LogP contribution in [0.15, 0.2) is 24.3 Å². The SMILES string of the molecule is CNC/C=C/C/C=C/C(C)(C)C. The van der Waals surface area contributed by atoms with Crippen LogP contribution < -0.4 is 5.32 Å². The fourth-order valence-corrected chi connectivity index (χ4v) is 0.798. The van der Waals surface area contributed by atoms with Crippen LogP contribution in [0, 0.1) is 5.41 Å². The molecule has 0 aromatic carbocycles. The van der Waals surface area contributed by atoms with Crippen LogP contribution >= 0.6 is 0 Å². The Bertz CT molecular complexity index is 149. The number of likely N-dealkylation sites (N-methyl/N-ethyl adjacent to an activating group) is 1. The Morgan fingerprint density at radius 1 is 1.08 bits per heavy atom. The molecule has 0 aromatic heterocycles. The molecule has 0 fully saturated rings. The Hall–Kier alpha value is -0.560. The normalized spacial score (nSPS) is 13.3. The second kappa shape index (κ2) is 6.01. The largest absolute Gasteiger partial charge is 0.316 e. The van der Waals surface area contributed by atoms with Crippen molar-refractivity contribution in [1.29, 1.82) is 0 Å². The zero-order valence-electron chi connectivity index (χ0n) is 8.72. The van der Waals surface area contributed by atoms with Crippen molar-refractivity contribution < 1.29 is 0 Å². The molecule has 0 aromatic rings. The minimum absolute atomic E-state index is 0.316. The van der Waals surface area contributed by atoms with E-state index in [9.17, 15) is 0 Å². The lowest BCUT2D eigenvalue weighted by atomic mass is 9.96. The summed E-state index contributed by atoms with van der Waals surface area (Å²) in [4.78, 5) is 0. The Morgan fingerprint density at radius 3 is 2.25 bits per heavy atom. The van der Waals surface area contributed by atoms with Crippen molar-refractivity contribution in [1.82, 2.24) is 5.32 Å². The number of hydrogen-bond acceptors (Lipinski definition) is 1. The van der Waals surface area contributed by atoms with Crippen molar-refractivity contribution in [2.24, 2.45) is 5.41 Å². The minimum atomic E-state index is 0.316. The van der Waals surface area contributed by atoms with Gasteiger partial charge in [-0.3, -0.25) is 0 Å². The summed E-state index contributed by atoms with van der Waals surface area (Å²) in [5.41, 5.74) is 0.316. The Kier molecular flexibility index (Phi) is 5.73. The first-order valence-corrected chi connectivity index (χ1v) is 4.53. The third-order valence-electron chi connectivity index (χ3n) is 1.38. The van der Waals surface area contributed by atoms with Gasteiger partial charge in [-0.15, -0.1) is 0 Å². The van der Waals surface area contributed by atoms with Gasteiger partial charge in [0.25, 0.3) is 0 Å². The summed E-state index contributed by atoms with van der Waals surface area (Å²) in [5.74, 6) is 0. The Balaban J connectivity index is 3.49. The molecule has 0 radical (unpaired) electrons. The molecule has 0 aliphatic rings. The number of allylic oxidation sites excluding steroid dienone is 3. The monoisotopic (exact) mass is 167 g/mol. The molecule has 0 aliphatic carbocycles. The Morgan fingerprint density at radius 2 is 1.75 bits per heavy atom. The second-order valence-corrected chi connectivity index (χ2v) is 4.03. The van der Waals surface area contributed by atoms with E-state index in [0.29, 0.717) is 5.41 Å². The van der Waals surface area contributed by atoms with Gasteiger partial charge in [0.1, 0.15) is 0 Å². The highest BCUT2D eigenvalue weighted by Crippen LogP contribution is 2.14. The molecule has 0 bridgehead atoms. The van der Waals surface area contributed by atoms with E-state index < -0.39 is 0 Å². The molecular weight excluding hydrogens is 146 g/mol. The fraction of sp³-hybridized carbons (Fsp3) is 0.636. The van der Waals surface area contributed by atoms with Gasteiger partial charge in [-0.1, -0.05) is 45.1 Å². The van der Waals surface area contributed by atoms with E-state index in [4.69, 9.17) is 0 Å². The smallest absolute Gasteiger partial charge is 0.0131 e. The quantitative estimate of drug-likeness (QED) is 0.635. The Labute approximate surface area is 76.6 Å². The number of nitrogens with one attached hydrogen (secondary N) is 1. The molecule has 0 aliphatic heterocycles. The third-order valence-corrected chi connectivity index (χ3v) is 1.38. The summed E-state index contributed by atoms with van der Waals surface area (Å²) in [5, 5.41) is 3.06. The van der Waals surface area contributed by atoms with E-state index in [1.807, 2.05) is 7.05 Å². The molecule has 0 saturated carbocycles. The molecule has 0 spiro atoms. The van der Waals surface area contributed by atoms with Crippen molar-refractivity contribution >= 4 is 0 Å². The molecule has 0 amide bonds. The standard InChI is InChI=1S/C11H21N/c1-11(2,3)9-7-5-6-8-10-12-4/h6-9,12H,5,10H2,1-4H3/b8-6+,9-7+. The van der Waals surface area contributed by atoms with Crippen LogP contribution in [0.4, 0.5) is 0 Å². The molecule has 1 N–H and O–H groups in total. The zero-order valence-corrected chi connectivity index (χ0v) is 8.72. The van der Waals surface area contributed by atoms with Crippen LogP contribution in [0.25, 0.3) is 0 Å². The molecule has 1 nitrogen and oxygen atoms in total. The van der Waals surface area contributed by atoms with Gasteiger partial charge < -0.3 is 5.32 Å². The van der Waals surface area contributed by atoms with Crippen LogP contribution in [0.3, 0.4) is 0 Å². The molecule has 0 atom stereocenters. The van der Waals surface area contributed by atoms with Gasteiger partial charge in [0.05, 0.1) is 0 Å². The maximum atomic E-state index is 3.06. The highest BCUT2D eigenvalue weighted by molar-refractivity contribution is 4.97. The summed E-state index contributed by atoms with van der Waals surface area (Å²) in [6.45, 7) is 7.59. The molecule has 0 heterocycles. The first-order valence-electron chi connectivity index (χ1n) is 4.53. The summed E-state index contributed by atoms with van der Waals surface area (Å²) in [6.07, 6.45) is 9.83. The summed E-state index contributed by atoms with van der Waals surface area (Å²) in [7, 11) is 1.95. The van der Waals surface area contributed by atoms with Crippen LogP contribution in [0.1, 0.15) is 27.2 Å². The highest BCUT2D eigenvalue weighted by Gasteiger charge is 2.01. The third kappa shape index (κ3) is 9.44. The van der Waals surface area contributed by atoms with Crippen molar-refractivity contribution in [3.63, 3.8) is 0 Å². The molecule has 70 valence electrons. The van der Waals surface area contributed by atoms with Crippen LogP contribution in [-0.4, -0.2) is 13.6 Å². The van der Waals surface area contributed by atoms with E-state index in [1.165, 1.54) is 0 Å². The van der Waals surface area contributed by atoms with E-state index in [1.54, 1.807) is 0 Å². The molecule has 12 heavy (non-hydrogen) atoms. The molecular formula is C11H21N. The maximum Gasteiger partial charge on any atom is 0.0131 e. The molecule has 0 unspecified atom stereocenters. The van der Waals surface area contributed by atoms with Crippen LogP contribution in [0.5, 0.6) is 0 Å². The predicted octanol–water partition coefficient (Wildman–Crippen LogP) is 2.75. The van der Waals surface area contributed by atoms with Gasteiger partial charge in [0.15, 0.2) is 0 Å². The summed E-state index contributed by atoms with van der Waals surface area (Å²) < 4.78 is 0. The van der Waals surface area contributed by atoms with Gasteiger partial charge in [-0.05, 0) is 18.9 Å². The van der Waals surface area contributed by atoms with Crippen LogP contribution in [-0.2, 0) is 0 Å². The van der Waals surface area contributed by atoms with Gasteiger partial charge >= 0.3 is 0 Å². The fourth-order valence-electron chi connectivity index (χ4n) is 0.798. The average Bonchev–Trinajstić information content (AvgIpc) is 1.94. The second-order valence-electron chi connectivity index (χ2n) is 4.03. The first kappa shape index (κ1) is 11.4. The predicted molar refractivity (Wildman–Crippen MR) is 56.3 cm³/mol. The number of rotatable bonds is 4. The van der Waals surface area contributed by atoms with Gasteiger partial charge in [-0.2, -0.15) is 0 Å². The van der Waals surface area contributed by atoms with E-state index in [0.717, 1.165) is 13.0 Å². The lowest BCUT2D eigenvalue weighted by molar-refractivity contribution is 0.543. The first-order chi connectivity index (χ1) is 5.56. The number of hydrogen-bond donors (Lipinski definition) is 1. The van der Waals surface area contributed by atoms with E-state index in [-0.39, 0.29) is 0 Å². The highest BCUT2D eigenvalue weighted by atomic mass is 14.8. The molecule has 0 rings (SSSR count). The van der Waals surface area contributed by atoms with Crippen LogP contribution in [0.2, 0.25) is 0 Å². The van der Waals surface area contributed by atoms with Gasteiger partial charge in [-0.25, -0.2) is 0 Å². The van der Waals surface area contributed by atoms with Crippen molar-refractivity contribution in [2.75, 3.05) is 13.6 Å². The van der Waals surface area contributed by atoms with E-state index in [2.05, 4.69) is 50.4 Å². The lowest BCUT2D eigenvalue weighted by Crippen LogP contribution is -2.03. The molecule has 1 heteroatoms.